The van der Waals surface area contributed by atoms with Gasteiger partial charge in [0.2, 0.25) is 5.75 Å². The zero-order chi connectivity index (χ0) is 18.7. The van der Waals surface area contributed by atoms with E-state index in [0.29, 0.717) is 5.52 Å². The summed E-state index contributed by atoms with van der Waals surface area (Å²) in [5.74, 6) is -1.16. The summed E-state index contributed by atoms with van der Waals surface area (Å²) < 4.78 is 0. The molecule has 0 aliphatic rings. The van der Waals surface area contributed by atoms with Gasteiger partial charge in [-0.25, -0.2) is 10.4 Å². The van der Waals surface area contributed by atoms with E-state index in [0.717, 1.165) is 17.7 Å². The highest BCUT2D eigenvalue weighted by Gasteiger charge is 2.17. The molecule has 0 unspecified atom stereocenters. The number of carbonyl (C=O) groups is 1. The maximum atomic E-state index is 12.1. The summed E-state index contributed by atoms with van der Waals surface area (Å²) in [6.45, 7) is 0. The fraction of sp³-hybridized carbons (Fsp3) is 0. The number of phenols is 1. The molecule has 0 fully saturated rings. The second kappa shape index (κ2) is 7.16. The lowest BCUT2D eigenvalue weighted by molar-refractivity contribution is -0.385. The molecule has 9 heteroatoms. The first-order valence-corrected chi connectivity index (χ1v) is 7.69. The Morgan fingerprint density at radius 3 is 2.81 bits per heavy atom. The highest BCUT2D eigenvalue weighted by Crippen LogP contribution is 2.32. The number of rotatable bonds is 4. The Morgan fingerprint density at radius 2 is 2.04 bits per heavy atom. The van der Waals surface area contributed by atoms with Crippen molar-refractivity contribution >= 4 is 40.3 Å². The Bertz CT molecular complexity index is 1050. The maximum Gasteiger partial charge on any atom is 0.312 e. The van der Waals surface area contributed by atoms with Gasteiger partial charge in [-0.05, 0) is 18.2 Å². The number of pyridine rings is 1. The van der Waals surface area contributed by atoms with Gasteiger partial charge in [0.1, 0.15) is 5.69 Å². The van der Waals surface area contributed by atoms with Crippen molar-refractivity contribution in [3.8, 4) is 5.75 Å². The molecule has 1 aromatic heterocycles. The van der Waals surface area contributed by atoms with Crippen LogP contribution < -0.4 is 5.43 Å². The van der Waals surface area contributed by atoms with E-state index in [1.54, 1.807) is 18.2 Å². The van der Waals surface area contributed by atoms with Crippen LogP contribution in [0.1, 0.15) is 16.1 Å². The van der Waals surface area contributed by atoms with Crippen LogP contribution in [-0.4, -0.2) is 27.1 Å². The number of nitro benzene ring substituents is 1. The van der Waals surface area contributed by atoms with Gasteiger partial charge in [-0.2, -0.15) is 5.10 Å². The molecular formula is C17H11ClN4O4. The Balaban J connectivity index is 1.79. The van der Waals surface area contributed by atoms with Crippen LogP contribution in [0.5, 0.6) is 5.75 Å². The average Bonchev–Trinajstić information content (AvgIpc) is 2.63. The number of hydrazone groups is 1. The predicted molar refractivity (Wildman–Crippen MR) is 96.6 cm³/mol. The number of para-hydroxylation sites is 1. The number of fused-ring (bicyclic) bond motifs is 1. The molecule has 0 saturated heterocycles. The molecule has 0 aliphatic heterocycles. The van der Waals surface area contributed by atoms with Crippen LogP contribution in [0, 0.1) is 10.1 Å². The largest absolute Gasteiger partial charge is 0.502 e. The van der Waals surface area contributed by atoms with Crippen molar-refractivity contribution in [2.24, 2.45) is 5.10 Å². The molecule has 3 rings (SSSR count). The van der Waals surface area contributed by atoms with Crippen molar-refractivity contribution in [1.29, 1.82) is 0 Å². The highest BCUT2D eigenvalue weighted by molar-refractivity contribution is 6.31. The number of benzene rings is 2. The molecule has 3 aromatic rings. The smallest absolute Gasteiger partial charge is 0.312 e. The summed E-state index contributed by atoms with van der Waals surface area (Å²) in [6, 6.07) is 12.9. The number of hydrogen-bond donors (Lipinski definition) is 2. The first-order chi connectivity index (χ1) is 12.5. The molecule has 0 spiro atoms. The van der Waals surface area contributed by atoms with E-state index in [1.807, 2.05) is 18.2 Å². The third kappa shape index (κ3) is 3.60. The molecule has 1 heterocycles. The van der Waals surface area contributed by atoms with E-state index in [-0.39, 0.29) is 16.3 Å². The van der Waals surface area contributed by atoms with Crippen molar-refractivity contribution in [1.82, 2.24) is 10.4 Å². The lowest BCUT2D eigenvalue weighted by Crippen LogP contribution is -2.19. The lowest BCUT2D eigenvalue weighted by atomic mass is 10.2. The van der Waals surface area contributed by atoms with Gasteiger partial charge in [0.05, 0.1) is 16.7 Å². The van der Waals surface area contributed by atoms with Crippen molar-refractivity contribution in [2.75, 3.05) is 0 Å². The third-order valence-electron chi connectivity index (χ3n) is 3.48. The van der Waals surface area contributed by atoms with E-state index in [1.165, 1.54) is 6.07 Å². The Labute approximate surface area is 151 Å². The lowest BCUT2D eigenvalue weighted by Gasteiger charge is -2.03. The Hall–Kier alpha value is -3.52. The second-order valence-corrected chi connectivity index (χ2v) is 5.64. The van der Waals surface area contributed by atoms with Gasteiger partial charge < -0.3 is 5.11 Å². The maximum absolute atomic E-state index is 12.1. The number of aromatic nitrogens is 1. The topological polar surface area (TPSA) is 118 Å². The van der Waals surface area contributed by atoms with Gasteiger partial charge >= 0.3 is 5.69 Å². The summed E-state index contributed by atoms with van der Waals surface area (Å²) in [5, 5.41) is 25.4. The normalized spacial score (nSPS) is 11.0. The minimum absolute atomic E-state index is 0.00373. The molecule has 0 radical (unpaired) electrons. The monoisotopic (exact) mass is 370 g/mol. The Kier molecular flexibility index (Phi) is 4.76. The first-order valence-electron chi connectivity index (χ1n) is 7.32. The molecule has 1 amide bonds. The zero-order valence-electron chi connectivity index (χ0n) is 13.1. The van der Waals surface area contributed by atoms with Crippen LogP contribution in [0.15, 0.2) is 53.6 Å². The van der Waals surface area contributed by atoms with E-state index in [4.69, 9.17) is 11.6 Å². The van der Waals surface area contributed by atoms with Crippen molar-refractivity contribution in [3.63, 3.8) is 0 Å². The fourth-order valence-corrected chi connectivity index (χ4v) is 2.47. The van der Waals surface area contributed by atoms with Gasteiger partial charge in [-0.15, -0.1) is 0 Å². The van der Waals surface area contributed by atoms with Crippen molar-refractivity contribution in [3.05, 3.63) is 74.9 Å². The number of amides is 1. The second-order valence-electron chi connectivity index (χ2n) is 5.21. The van der Waals surface area contributed by atoms with Gasteiger partial charge in [0, 0.05) is 22.0 Å². The quantitative estimate of drug-likeness (QED) is 0.415. The molecule has 0 bridgehead atoms. The molecule has 0 aliphatic carbocycles. The van der Waals surface area contributed by atoms with Crippen LogP contribution in [0.4, 0.5) is 5.69 Å². The third-order valence-corrected chi connectivity index (χ3v) is 3.70. The molecular weight excluding hydrogens is 360 g/mol. The van der Waals surface area contributed by atoms with Crippen molar-refractivity contribution < 1.29 is 14.8 Å². The summed E-state index contributed by atoms with van der Waals surface area (Å²) >= 11 is 5.78. The number of carbonyl (C=O) groups excluding carboxylic acids is 1. The molecule has 0 atom stereocenters. The summed E-state index contributed by atoms with van der Waals surface area (Å²) in [4.78, 5) is 26.4. The van der Waals surface area contributed by atoms with Gasteiger partial charge in [-0.3, -0.25) is 14.9 Å². The number of nitrogens with one attached hydrogen (secondary N) is 1. The first kappa shape index (κ1) is 17.3. The number of aromatic hydroxyl groups is 1. The minimum atomic E-state index is -0.768. The predicted octanol–water partition coefficient (Wildman–Crippen LogP) is 3.27. The summed E-state index contributed by atoms with van der Waals surface area (Å²) in [5.41, 5.74) is 2.51. The van der Waals surface area contributed by atoms with Gasteiger partial charge in [0.25, 0.3) is 5.91 Å². The van der Waals surface area contributed by atoms with Crippen LogP contribution in [0.3, 0.4) is 0 Å². The van der Waals surface area contributed by atoms with E-state index < -0.39 is 22.3 Å². The zero-order valence-corrected chi connectivity index (χ0v) is 13.8. The average molecular weight is 371 g/mol. The molecule has 2 N–H and O–H groups in total. The van der Waals surface area contributed by atoms with Gasteiger partial charge in [-0.1, -0.05) is 35.9 Å². The standard InChI is InChI=1S/C17H11ClN4O4/c18-12-7-11(16(23)15(8-12)22(25)26)9-19-21-17(24)14-6-5-10-3-1-2-4-13(10)20-14/h1-9,23H,(H,21,24)/b19-9-. The summed E-state index contributed by atoms with van der Waals surface area (Å²) in [7, 11) is 0. The van der Waals surface area contributed by atoms with Crippen LogP contribution in [-0.2, 0) is 0 Å². The number of halogens is 1. The number of hydrogen-bond acceptors (Lipinski definition) is 6. The fourth-order valence-electron chi connectivity index (χ4n) is 2.25. The molecule has 0 saturated carbocycles. The Morgan fingerprint density at radius 1 is 1.27 bits per heavy atom. The van der Waals surface area contributed by atoms with Crippen LogP contribution >= 0.6 is 11.6 Å². The molecule has 130 valence electrons. The van der Waals surface area contributed by atoms with E-state index in [9.17, 15) is 20.0 Å². The molecule has 2 aromatic carbocycles. The van der Waals surface area contributed by atoms with Crippen LogP contribution in [0.25, 0.3) is 10.9 Å². The van der Waals surface area contributed by atoms with Gasteiger partial charge in [0.15, 0.2) is 0 Å². The number of nitro groups is 1. The summed E-state index contributed by atoms with van der Waals surface area (Å²) in [6.07, 6.45) is 1.06. The van der Waals surface area contributed by atoms with Crippen LogP contribution in [0.2, 0.25) is 5.02 Å². The van der Waals surface area contributed by atoms with E-state index >= 15 is 0 Å². The molecule has 8 nitrogen and oxygen atoms in total. The van der Waals surface area contributed by atoms with E-state index in [2.05, 4.69) is 15.5 Å². The SMILES string of the molecule is O=C(N/N=C\c1cc(Cl)cc([N+](=O)[O-])c1O)c1ccc2ccccc2n1. The number of phenolic OH excluding ortho intramolecular Hbond substituents is 1. The minimum Gasteiger partial charge on any atom is -0.502 e. The molecule has 26 heavy (non-hydrogen) atoms. The van der Waals surface area contributed by atoms with Crippen molar-refractivity contribution in [2.45, 2.75) is 0 Å². The number of nitrogens with zero attached hydrogens (tertiary/aromatic N) is 3. The highest BCUT2D eigenvalue weighted by atomic mass is 35.5.